The van der Waals surface area contributed by atoms with E-state index >= 15 is 0 Å². The van der Waals surface area contributed by atoms with E-state index in [0.29, 0.717) is 6.42 Å². The quantitative estimate of drug-likeness (QED) is 0.791. The predicted octanol–water partition coefficient (Wildman–Crippen LogP) is 4.01. The van der Waals surface area contributed by atoms with E-state index in [4.69, 9.17) is 22.3 Å². The number of aryl methyl sites for hydroxylation is 1. The van der Waals surface area contributed by atoms with Crippen LogP contribution in [-0.2, 0) is 13.0 Å². The summed E-state index contributed by atoms with van der Waals surface area (Å²) in [7, 11) is 0. The molecule has 2 aromatic heterocycles. The molecular formula is C15H16ClN3S. The monoisotopic (exact) mass is 305 g/mol. The van der Waals surface area contributed by atoms with Crippen LogP contribution in [0.5, 0.6) is 0 Å². The van der Waals surface area contributed by atoms with Crippen LogP contribution in [0.4, 0.5) is 0 Å². The van der Waals surface area contributed by atoms with Gasteiger partial charge in [0, 0.05) is 23.9 Å². The van der Waals surface area contributed by atoms with Gasteiger partial charge in [-0.15, -0.1) is 11.3 Å². The molecule has 20 heavy (non-hydrogen) atoms. The fourth-order valence-electron chi connectivity index (χ4n) is 2.49. The Morgan fingerprint density at radius 1 is 1.35 bits per heavy atom. The molecule has 0 fully saturated rings. The van der Waals surface area contributed by atoms with Crippen molar-refractivity contribution >= 4 is 34.0 Å². The van der Waals surface area contributed by atoms with Crippen LogP contribution in [0, 0.1) is 0 Å². The highest BCUT2D eigenvalue weighted by molar-refractivity contribution is 7.10. The van der Waals surface area contributed by atoms with Crippen molar-refractivity contribution in [1.29, 1.82) is 0 Å². The van der Waals surface area contributed by atoms with Gasteiger partial charge in [0.2, 0.25) is 0 Å². The van der Waals surface area contributed by atoms with Crippen molar-refractivity contribution in [2.75, 3.05) is 0 Å². The number of hydrogen-bond donors (Lipinski definition) is 1. The van der Waals surface area contributed by atoms with E-state index in [1.165, 1.54) is 0 Å². The predicted molar refractivity (Wildman–Crippen MR) is 85.4 cm³/mol. The third kappa shape index (κ3) is 2.35. The molecule has 0 spiro atoms. The van der Waals surface area contributed by atoms with Crippen molar-refractivity contribution in [2.45, 2.75) is 25.9 Å². The molecule has 0 aliphatic heterocycles. The Hall–Kier alpha value is -1.36. The number of benzene rings is 1. The Bertz CT molecular complexity index is 732. The van der Waals surface area contributed by atoms with Crippen LogP contribution in [-0.4, -0.2) is 9.55 Å². The Kier molecular flexibility index (Phi) is 3.78. The molecule has 1 aromatic carbocycles. The summed E-state index contributed by atoms with van der Waals surface area (Å²) in [4.78, 5) is 5.74. The summed E-state index contributed by atoms with van der Waals surface area (Å²) in [5.41, 5.74) is 8.47. The van der Waals surface area contributed by atoms with Crippen LogP contribution >= 0.6 is 22.9 Å². The second-order valence-corrected chi connectivity index (χ2v) is 6.06. The van der Waals surface area contributed by atoms with Crippen LogP contribution < -0.4 is 5.73 Å². The minimum Gasteiger partial charge on any atom is -0.328 e. The lowest BCUT2D eigenvalue weighted by Gasteiger charge is -2.11. The van der Waals surface area contributed by atoms with Crippen molar-refractivity contribution in [1.82, 2.24) is 9.55 Å². The summed E-state index contributed by atoms with van der Waals surface area (Å²) >= 11 is 7.76. The minimum absolute atomic E-state index is 0.107. The smallest absolute Gasteiger partial charge is 0.111 e. The zero-order chi connectivity index (χ0) is 14.1. The zero-order valence-corrected chi connectivity index (χ0v) is 12.8. The number of para-hydroxylation sites is 2. The van der Waals surface area contributed by atoms with Gasteiger partial charge in [-0.1, -0.05) is 23.7 Å². The summed E-state index contributed by atoms with van der Waals surface area (Å²) in [5.74, 6) is 1.02. The molecule has 5 heteroatoms. The number of nitrogens with zero attached hydrogens (tertiary/aromatic N) is 2. The Balaban J connectivity index is 1.96. The molecule has 0 bridgehead atoms. The summed E-state index contributed by atoms with van der Waals surface area (Å²) in [6, 6.07) is 9.97. The molecule has 3 nitrogen and oxygen atoms in total. The fraction of sp³-hybridized carbons (Fsp3) is 0.267. The Morgan fingerprint density at radius 3 is 2.85 bits per heavy atom. The van der Waals surface area contributed by atoms with Crippen molar-refractivity contribution in [3.05, 3.63) is 51.4 Å². The first-order valence-electron chi connectivity index (χ1n) is 6.63. The van der Waals surface area contributed by atoms with E-state index in [1.807, 2.05) is 29.6 Å². The van der Waals surface area contributed by atoms with Gasteiger partial charge in [0.1, 0.15) is 5.82 Å². The topological polar surface area (TPSA) is 43.8 Å². The lowest BCUT2D eigenvalue weighted by molar-refractivity contribution is 0.644. The van der Waals surface area contributed by atoms with Gasteiger partial charge in [0.25, 0.3) is 0 Å². The highest BCUT2D eigenvalue weighted by Crippen LogP contribution is 2.29. The number of rotatable bonds is 4. The van der Waals surface area contributed by atoms with Gasteiger partial charge in [0.15, 0.2) is 0 Å². The number of hydrogen-bond acceptors (Lipinski definition) is 3. The van der Waals surface area contributed by atoms with Gasteiger partial charge in [-0.05, 0) is 30.5 Å². The molecule has 0 saturated carbocycles. The Morgan fingerprint density at radius 2 is 2.15 bits per heavy atom. The fourth-order valence-corrected chi connectivity index (χ4v) is 3.69. The van der Waals surface area contributed by atoms with Crippen molar-refractivity contribution in [3.8, 4) is 0 Å². The number of aromatic nitrogens is 2. The van der Waals surface area contributed by atoms with E-state index in [-0.39, 0.29) is 6.04 Å². The summed E-state index contributed by atoms with van der Waals surface area (Å²) in [6.07, 6.45) is 0.697. The summed E-state index contributed by atoms with van der Waals surface area (Å²) in [5, 5.41) is 2.72. The Labute approximate surface area is 127 Å². The molecule has 2 heterocycles. The maximum atomic E-state index is 6.29. The third-order valence-corrected chi connectivity index (χ3v) is 4.92. The van der Waals surface area contributed by atoms with Crippen LogP contribution in [0.1, 0.15) is 23.7 Å². The van der Waals surface area contributed by atoms with Crippen LogP contribution in [0.2, 0.25) is 5.02 Å². The molecule has 3 rings (SSSR count). The van der Waals surface area contributed by atoms with Gasteiger partial charge in [-0.3, -0.25) is 0 Å². The number of nitrogens with two attached hydrogens (primary N) is 1. The SMILES string of the molecule is CCn1c(CC(N)c2sccc2Cl)nc2ccccc21. The number of fused-ring (bicyclic) bond motifs is 1. The largest absolute Gasteiger partial charge is 0.328 e. The normalized spacial score (nSPS) is 12.9. The second kappa shape index (κ2) is 5.56. The molecule has 0 saturated heterocycles. The highest BCUT2D eigenvalue weighted by Gasteiger charge is 2.17. The average molecular weight is 306 g/mol. The molecule has 0 amide bonds. The highest BCUT2D eigenvalue weighted by atomic mass is 35.5. The molecule has 2 N–H and O–H groups in total. The van der Waals surface area contributed by atoms with E-state index in [9.17, 15) is 0 Å². The number of thiophene rings is 1. The van der Waals surface area contributed by atoms with Crippen molar-refractivity contribution in [3.63, 3.8) is 0 Å². The molecule has 1 atom stereocenters. The lowest BCUT2D eigenvalue weighted by atomic mass is 10.2. The van der Waals surface area contributed by atoms with E-state index < -0.39 is 0 Å². The van der Waals surface area contributed by atoms with Gasteiger partial charge < -0.3 is 10.3 Å². The molecule has 0 radical (unpaired) electrons. The lowest BCUT2D eigenvalue weighted by Crippen LogP contribution is -2.15. The van der Waals surface area contributed by atoms with Crippen molar-refractivity contribution in [2.24, 2.45) is 5.73 Å². The minimum atomic E-state index is -0.107. The maximum Gasteiger partial charge on any atom is 0.111 e. The van der Waals surface area contributed by atoms with Gasteiger partial charge in [0.05, 0.1) is 16.1 Å². The molecule has 1 unspecified atom stereocenters. The van der Waals surface area contributed by atoms with Crippen LogP contribution in [0.3, 0.4) is 0 Å². The van der Waals surface area contributed by atoms with E-state index in [2.05, 4.69) is 17.6 Å². The zero-order valence-electron chi connectivity index (χ0n) is 11.2. The first-order valence-corrected chi connectivity index (χ1v) is 7.89. The van der Waals surface area contributed by atoms with Gasteiger partial charge >= 0.3 is 0 Å². The van der Waals surface area contributed by atoms with Gasteiger partial charge in [-0.25, -0.2) is 4.98 Å². The standard InChI is InChI=1S/C15H16ClN3S/c1-2-19-13-6-4-3-5-12(13)18-14(19)9-11(17)15-10(16)7-8-20-15/h3-8,11H,2,9,17H2,1H3. The molecule has 104 valence electrons. The van der Waals surface area contributed by atoms with Crippen LogP contribution in [0.15, 0.2) is 35.7 Å². The summed E-state index contributed by atoms with van der Waals surface area (Å²) in [6.45, 7) is 3.02. The first kappa shape index (κ1) is 13.6. The van der Waals surface area contributed by atoms with Crippen molar-refractivity contribution < 1.29 is 0 Å². The average Bonchev–Trinajstić information content (AvgIpc) is 3.01. The van der Waals surface area contributed by atoms with Crippen LogP contribution in [0.25, 0.3) is 11.0 Å². The molecule has 0 aliphatic rings. The number of halogens is 1. The van der Waals surface area contributed by atoms with E-state index in [0.717, 1.165) is 33.3 Å². The van der Waals surface area contributed by atoms with Gasteiger partial charge in [-0.2, -0.15) is 0 Å². The number of imidazole rings is 1. The first-order chi connectivity index (χ1) is 9.70. The molecular weight excluding hydrogens is 290 g/mol. The van der Waals surface area contributed by atoms with E-state index in [1.54, 1.807) is 11.3 Å². The second-order valence-electron chi connectivity index (χ2n) is 4.70. The molecule has 3 aromatic rings. The molecule has 0 aliphatic carbocycles. The third-order valence-electron chi connectivity index (χ3n) is 3.43. The maximum absolute atomic E-state index is 6.29. The summed E-state index contributed by atoms with van der Waals surface area (Å²) < 4.78 is 2.22.